The molecule has 3 fully saturated rings. The van der Waals surface area contributed by atoms with Crippen LogP contribution in [0.1, 0.15) is 73.8 Å². The van der Waals surface area contributed by atoms with Gasteiger partial charge in [0.25, 0.3) is 0 Å². The molecule has 0 bridgehead atoms. The highest BCUT2D eigenvalue weighted by molar-refractivity contribution is 6.45. The van der Waals surface area contributed by atoms with Gasteiger partial charge in [0.1, 0.15) is 12.1 Å². The Balaban J connectivity index is 1.54. The maximum atomic E-state index is 14.0. The van der Waals surface area contributed by atoms with E-state index in [4.69, 9.17) is 14.0 Å². The zero-order chi connectivity index (χ0) is 30.9. The molecule has 3 amide bonds. The molecule has 2 N–H and O–H groups in total. The lowest BCUT2D eigenvalue weighted by molar-refractivity contribution is -0.135. The topological polar surface area (TPSA) is 109 Å². The monoisotopic (exact) mass is 584 g/mol. The van der Waals surface area contributed by atoms with Crippen LogP contribution in [0.3, 0.4) is 0 Å². The Labute approximate surface area is 251 Å². The summed E-state index contributed by atoms with van der Waals surface area (Å²) in [6, 6.07) is 9.48. The maximum Gasteiger partial charge on any atom is 0.457 e. The van der Waals surface area contributed by atoms with Crippen LogP contribution in [0.5, 0.6) is 0 Å². The fourth-order valence-electron chi connectivity index (χ4n) is 6.39. The molecule has 1 aromatic carbocycles. The first-order valence-corrected chi connectivity index (χ1v) is 15.2. The fraction of sp³-hybridized carbons (Fsp3) is 0.710. The van der Waals surface area contributed by atoms with Crippen molar-refractivity contribution in [2.75, 3.05) is 26.2 Å². The quantitative estimate of drug-likeness (QED) is 0.450. The number of fused-ring (bicyclic) bond motifs is 1. The van der Waals surface area contributed by atoms with Crippen molar-refractivity contribution in [2.45, 2.75) is 109 Å². The van der Waals surface area contributed by atoms with Crippen molar-refractivity contribution in [1.82, 2.24) is 20.4 Å². The second kappa shape index (κ2) is 12.2. The molecule has 3 heterocycles. The Morgan fingerprint density at radius 1 is 1.05 bits per heavy atom. The van der Waals surface area contributed by atoms with E-state index in [-0.39, 0.29) is 43.6 Å². The number of piperazine rings is 1. The van der Waals surface area contributed by atoms with Gasteiger partial charge in [-0.15, -0.1) is 0 Å². The Kier molecular flexibility index (Phi) is 9.36. The van der Waals surface area contributed by atoms with Crippen LogP contribution in [0.25, 0.3) is 0 Å². The van der Waals surface area contributed by atoms with Crippen molar-refractivity contribution in [2.24, 2.45) is 5.92 Å². The Morgan fingerprint density at radius 2 is 1.69 bits per heavy atom. The molecule has 10 nitrogen and oxygen atoms in total. The molecule has 42 heavy (non-hydrogen) atoms. The van der Waals surface area contributed by atoms with E-state index in [0.717, 1.165) is 12.0 Å². The van der Waals surface area contributed by atoms with E-state index < -0.39 is 22.3 Å². The first kappa shape index (κ1) is 32.3. The van der Waals surface area contributed by atoms with Crippen LogP contribution >= 0.6 is 0 Å². The molecule has 3 aliphatic heterocycles. The fourth-order valence-corrected chi connectivity index (χ4v) is 6.39. The van der Waals surface area contributed by atoms with E-state index in [2.05, 4.69) is 15.5 Å². The second-order valence-corrected chi connectivity index (χ2v) is 14.1. The summed E-state index contributed by atoms with van der Waals surface area (Å²) in [7, 11) is -0.345. The SMILES string of the molecule is CC(=O)NC1(C(=O)NC(C)(C)C)CN2CCN(C(=O)OCc3ccccc3)C[C@@H]2C1CCCB1OC(C)(C)C(C)(C)O1. The third kappa shape index (κ3) is 7.11. The lowest BCUT2D eigenvalue weighted by Crippen LogP contribution is -2.66. The van der Waals surface area contributed by atoms with Gasteiger partial charge in [0.2, 0.25) is 11.8 Å². The molecule has 3 saturated heterocycles. The highest BCUT2D eigenvalue weighted by Gasteiger charge is 2.59. The summed E-state index contributed by atoms with van der Waals surface area (Å²) < 4.78 is 18.1. The van der Waals surface area contributed by atoms with Crippen LogP contribution < -0.4 is 10.6 Å². The molecule has 4 rings (SSSR count). The van der Waals surface area contributed by atoms with Gasteiger partial charge in [-0.3, -0.25) is 14.5 Å². The summed E-state index contributed by atoms with van der Waals surface area (Å²) in [5.74, 6) is -0.691. The van der Waals surface area contributed by atoms with Gasteiger partial charge in [0.05, 0.1) is 11.2 Å². The summed E-state index contributed by atoms with van der Waals surface area (Å²) in [6.45, 7) is 17.5. The minimum atomic E-state index is -1.14. The van der Waals surface area contributed by atoms with Crippen molar-refractivity contribution in [1.29, 1.82) is 0 Å². The molecule has 2 unspecified atom stereocenters. The Morgan fingerprint density at radius 3 is 2.29 bits per heavy atom. The molecule has 3 aliphatic rings. The molecule has 0 aromatic heterocycles. The van der Waals surface area contributed by atoms with Gasteiger partial charge in [-0.2, -0.15) is 0 Å². The lowest BCUT2D eigenvalue weighted by atomic mass is 9.74. The van der Waals surface area contributed by atoms with Gasteiger partial charge >= 0.3 is 13.2 Å². The third-order valence-electron chi connectivity index (χ3n) is 9.10. The molecular weight excluding hydrogens is 535 g/mol. The summed E-state index contributed by atoms with van der Waals surface area (Å²) in [4.78, 5) is 43.8. The number of nitrogens with zero attached hydrogens (tertiary/aromatic N) is 2. The van der Waals surface area contributed by atoms with Crippen LogP contribution in [0.2, 0.25) is 6.32 Å². The molecule has 0 saturated carbocycles. The van der Waals surface area contributed by atoms with Crippen molar-refractivity contribution in [3.05, 3.63) is 35.9 Å². The zero-order valence-corrected chi connectivity index (χ0v) is 26.6. The molecule has 0 spiro atoms. The van der Waals surface area contributed by atoms with Crippen molar-refractivity contribution >= 4 is 25.0 Å². The van der Waals surface area contributed by atoms with Gasteiger partial charge in [0.15, 0.2) is 0 Å². The van der Waals surface area contributed by atoms with Gasteiger partial charge in [-0.05, 0) is 66.8 Å². The predicted molar refractivity (Wildman–Crippen MR) is 162 cm³/mol. The van der Waals surface area contributed by atoms with Crippen molar-refractivity contribution < 1.29 is 28.4 Å². The number of amides is 3. The number of rotatable bonds is 8. The minimum Gasteiger partial charge on any atom is -0.445 e. The van der Waals surface area contributed by atoms with Crippen molar-refractivity contribution in [3.63, 3.8) is 0 Å². The summed E-state index contributed by atoms with van der Waals surface area (Å²) >= 11 is 0. The van der Waals surface area contributed by atoms with Crippen molar-refractivity contribution in [3.8, 4) is 0 Å². The number of ether oxygens (including phenoxy) is 1. The average Bonchev–Trinajstić information content (AvgIpc) is 3.30. The van der Waals surface area contributed by atoms with Crippen LogP contribution in [0.15, 0.2) is 30.3 Å². The molecule has 0 radical (unpaired) electrons. The second-order valence-electron chi connectivity index (χ2n) is 14.1. The zero-order valence-electron chi connectivity index (χ0n) is 26.6. The van der Waals surface area contributed by atoms with Crippen LogP contribution in [0, 0.1) is 5.92 Å². The summed E-state index contributed by atoms with van der Waals surface area (Å²) in [6.07, 6.45) is 1.67. The number of benzene rings is 1. The molecule has 1 aromatic rings. The first-order valence-electron chi connectivity index (χ1n) is 15.2. The molecule has 3 atom stereocenters. The number of carbonyl (C=O) groups is 3. The van der Waals surface area contributed by atoms with Crippen LogP contribution in [-0.2, 0) is 30.2 Å². The summed E-state index contributed by atoms with van der Waals surface area (Å²) in [5, 5.41) is 6.23. The third-order valence-corrected chi connectivity index (χ3v) is 9.10. The minimum absolute atomic E-state index is 0.126. The largest absolute Gasteiger partial charge is 0.457 e. The normalized spacial score (nSPS) is 27.0. The number of hydrogen-bond acceptors (Lipinski definition) is 7. The smallest absolute Gasteiger partial charge is 0.445 e. The number of carbonyl (C=O) groups excluding carboxylic acids is 3. The van der Waals surface area contributed by atoms with Crippen LogP contribution in [0.4, 0.5) is 4.79 Å². The van der Waals surface area contributed by atoms with Gasteiger partial charge in [-0.25, -0.2) is 4.79 Å². The van der Waals surface area contributed by atoms with Gasteiger partial charge < -0.3 is 29.6 Å². The van der Waals surface area contributed by atoms with E-state index in [9.17, 15) is 14.4 Å². The summed E-state index contributed by atoms with van der Waals surface area (Å²) in [5.41, 5.74) is -1.53. The van der Waals surface area contributed by atoms with E-state index in [1.807, 2.05) is 78.8 Å². The maximum absolute atomic E-state index is 14.0. The standard InChI is InChI=1S/C31H49BN4O6/c1-22(37)33-31(26(38)34-28(2,3)4)21-36-18-17-35(27(39)40-20-23-13-10-9-11-14-23)19-25(36)24(31)15-12-16-32-41-29(5,6)30(7,8)42-32/h9-11,13-14,24-25H,12,15-21H2,1-8H3,(H,33,37)(H,34,38)/t24?,25-,31?/m1/s1. The number of hydrogen-bond donors (Lipinski definition) is 2. The van der Waals surface area contributed by atoms with E-state index in [0.29, 0.717) is 38.9 Å². The molecule has 11 heteroatoms. The first-order chi connectivity index (χ1) is 19.5. The number of nitrogens with one attached hydrogen (secondary N) is 2. The van der Waals surface area contributed by atoms with E-state index in [1.54, 1.807) is 4.90 Å². The highest BCUT2D eigenvalue weighted by atomic mass is 16.7. The molecule has 0 aliphatic carbocycles. The highest BCUT2D eigenvalue weighted by Crippen LogP contribution is 2.42. The lowest BCUT2D eigenvalue weighted by Gasteiger charge is -2.40. The van der Waals surface area contributed by atoms with E-state index in [1.165, 1.54) is 6.92 Å². The van der Waals surface area contributed by atoms with Gasteiger partial charge in [0, 0.05) is 50.6 Å². The Bertz CT molecular complexity index is 1120. The van der Waals surface area contributed by atoms with E-state index >= 15 is 0 Å². The predicted octanol–water partition coefficient (Wildman–Crippen LogP) is 3.60. The Hall–Kier alpha value is -2.63. The van der Waals surface area contributed by atoms with Gasteiger partial charge in [-0.1, -0.05) is 36.8 Å². The molecule has 232 valence electrons. The molecular formula is C31H49BN4O6. The average molecular weight is 585 g/mol. The van der Waals surface area contributed by atoms with Crippen LogP contribution in [-0.4, -0.2) is 89.3 Å².